The molecule has 4 heterocycles. The lowest BCUT2D eigenvalue weighted by atomic mass is 10.2. The zero-order valence-electron chi connectivity index (χ0n) is 16.5. The summed E-state index contributed by atoms with van der Waals surface area (Å²) in [6, 6.07) is 15.4. The van der Waals surface area contributed by atoms with Gasteiger partial charge in [-0.05, 0) is 37.1 Å². The first-order valence-corrected chi connectivity index (χ1v) is 11.0. The molecular weight excluding hydrogens is 412 g/mol. The second kappa shape index (κ2) is 7.02. The van der Waals surface area contributed by atoms with Gasteiger partial charge in [0.15, 0.2) is 0 Å². The van der Waals surface area contributed by atoms with Crippen molar-refractivity contribution in [3.05, 3.63) is 70.2 Å². The highest BCUT2D eigenvalue weighted by atomic mass is 32.1. The van der Waals surface area contributed by atoms with Gasteiger partial charge in [0, 0.05) is 11.9 Å². The number of aromatic nitrogens is 3. The molecule has 1 aliphatic heterocycles. The van der Waals surface area contributed by atoms with Crippen molar-refractivity contribution in [2.45, 2.75) is 25.4 Å². The van der Waals surface area contributed by atoms with Gasteiger partial charge < -0.3 is 9.32 Å². The first-order valence-electron chi connectivity index (χ1n) is 10.2. The van der Waals surface area contributed by atoms with Gasteiger partial charge in [0.05, 0.1) is 22.6 Å². The number of likely N-dealkylation sites (tertiary alicyclic amines) is 1. The van der Waals surface area contributed by atoms with Gasteiger partial charge >= 0.3 is 0 Å². The second-order valence-electron chi connectivity index (χ2n) is 7.72. The van der Waals surface area contributed by atoms with Crippen LogP contribution in [0.1, 0.15) is 23.9 Å². The van der Waals surface area contributed by atoms with E-state index < -0.39 is 0 Å². The molecular formula is C23H18N4O3S. The molecule has 0 spiro atoms. The monoisotopic (exact) mass is 430 g/mol. The maximum absolute atomic E-state index is 13.2. The SMILES string of the molecule is O=C(Cn1cnc2c(oc3ccccc32)c1=O)N1CCC[C@@H]1c1nc2ccccc2s1. The van der Waals surface area contributed by atoms with E-state index in [0.717, 1.165) is 33.5 Å². The molecule has 0 unspecified atom stereocenters. The minimum Gasteiger partial charge on any atom is -0.448 e. The van der Waals surface area contributed by atoms with E-state index in [1.54, 1.807) is 17.4 Å². The van der Waals surface area contributed by atoms with Crippen LogP contribution in [0.3, 0.4) is 0 Å². The maximum Gasteiger partial charge on any atom is 0.297 e. The number of carbonyl (C=O) groups excluding carboxylic acids is 1. The molecule has 0 radical (unpaired) electrons. The molecule has 0 bridgehead atoms. The minimum absolute atomic E-state index is 0.0523. The Bertz CT molecular complexity index is 1480. The molecule has 1 amide bonds. The van der Waals surface area contributed by atoms with Crippen LogP contribution < -0.4 is 5.56 Å². The van der Waals surface area contributed by atoms with E-state index in [4.69, 9.17) is 9.40 Å². The molecule has 0 N–H and O–H groups in total. The average Bonchev–Trinajstić information content (AvgIpc) is 3.51. The summed E-state index contributed by atoms with van der Waals surface area (Å²) in [5.41, 5.74) is 1.93. The van der Waals surface area contributed by atoms with Crippen molar-refractivity contribution >= 4 is 49.5 Å². The van der Waals surface area contributed by atoms with Crippen molar-refractivity contribution in [3.63, 3.8) is 0 Å². The summed E-state index contributed by atoms with van der Waals surface area (Å²) in [6.45, 7) is 0.592. The van der Waals surface area contributed by atoms with Crippen LogP contribution in [-0.2, 0) is 11.3 Å². The standard InChI is InChI=1S/C23H18N4O3S/c28-19(27-11-5-8-16(27)22-25-15-7-2-4-10-18(15)31-22)12-26-13-24-20-14-6-1-3-9-17(14)30-21(20)23(26)29/h1-4,6-7,9-10,13,16H,5,8,11-12H2/t16-/m1/s1. The number of furan rings is 1. The first kappa shape index (κ1) is 18.3. The Morgan fingerprint density at radius 1 is 1.16 bits per heavy atom. The Kier molecular flexibility index (Phi) is 4.14. The highest BCUT2D eigenvalue weighted by molar-refractivity contribution is 7.18. The van der Waals surface area contributed by atoms with Crippen LogP contribution >= 0.6 is 11.3 Å². The number of hydrogen-bond acceptors (Lipinski definition) is 6. The zero-order chi connectivity index (χ0) is 20.9. The summed E-state index contributed by atoms with van der Waals surface area (Å²) in [5.74, 6) is -0.110. The molecule has 0 aliphatic carbocycles. The van der Waals surface area contributed by atoms with E-state index in [-0.39, 0.29) is 29.6 Å². The first-order chi connectivity index (χ1) is 15.2. The molecule has 1 saturated heterocycles. The van der Waals surface area contributed by atoms with E-state index >= 15 is 0 Å². The molecule has 154 valence electrons. The van der Waals surface area contributed by atoms with Crippen molar-refractivity contribution in [1.82, 2.24) is 19.4 Å². The van der Waals surface area contributed by atoms with E-state index in [1.807, 2.05) is 47.4 Å². The van der Waals surface area contributed by atoms with Crippen LogP contribution in [0.4, 0.5) is 0 Å². The Morgan fingerprint density at radius 2 is 2.00 bits per heavy atom. The number of fused-ring (bicyclic) bond motifs is 4. The molecule has 6 rings (SSSR count). The molecule has 7 nitrogen and oxygen atoms in total. The minimum atomic E-state index is -0.342. The molecule has 1 aliphatic rings. The number of nitrogens with zero attached hydrogens (tertiary/aromatic N) is 4. The van der Waals surface area contributed by atoms with Crippen molar-refractivity contribution < 1.29 is 9.21 Å². The number of benzene rings is 2. The van der Waals surface area contributed by atoms with Crippen LogP contribution in [0, 0.1) is 0 Å². The second-order valence-corrected chi connectivity index (χ2v) is 8.78. The third-order valence-electron chi connectivity index (χ3n) is 5.82. The number of rotatable bonds is 3. The average molecular weight is 430 g/mol. The topological polar surface area (TPSA) is 81.2 Å². The van der Waals surface area contributed by atoms with E-state index in [2.05, 4.69) is 4.98 Å². The molecule has 3 aromatic heterocycles. The number of hydrogen-bond donors (Lipinski definition) is 0. The predicted octanol–water partition coefficient (Wildman–Crippen LogP) is 4.12. The zero-order valence-corrected chi connectivity index (χ0v) is 17.3. The van der Waals surface area contributed by atoms with Crippen LogP contribution in [-0.4, -0.2) is 31.9 Å². The maximum atomic E-state index is 13.2. The molecule has 0 saturated carbocycles. The van der Waals surface area contributed by atoms with E-state index in [9.17, 15) is 9.59 Å². The Balaban J connectivity index is 1.31. The van der Waals surface area contributed by atoms with Gasteiger partial charge in [-0.25, -0.2) is 9.97 Å². The summed E-state index contributed by atoms with van der Waals surface area (Å²) < 4.78 is 8.18. The van der Waals surface area contributed by atoms with E-state index in [0.29, 0.717) is 17.6 Å². The van der Waals surface area contributed by atoms with Gasteiger partial charge in [-0.3, -0.25) is 14.2 Å². The number of carbonyl (C=O) groups is 1. The third-order valence-corrected chi connectivity index (χ3v) is 6.96. The molecule has 2 aromatic carbocycles. The van der Waals surface area contributed by atoms with Gasteiger partial charge in [0.1, 0.15) is 22.7 Å². The lowest BCUT2D eigenvalue weighted by molar-refractivity contribution is -0.132. The van der Waals surface area contributed by atoms with Gasteiger partial charge in [0.25, 0.3) is 5.56 Å². The van der Waals surface area contributed by atoms with Gasteiger partial charge in [0.2, 0.25) is 11.5 Å². The predicted molar refractivity (Wildman–Crippen MR) is 119 cm³/mol. The summed E-state index contributed by atoms with van der Waals surface area (Å²) in [5, 5.41) is 1.74. The highest BCUT2D eigenvalue weighted by Crippen LogP contribution is 2.36. The quantitative estimate of drug-likeness (QED) is 0.430. The summed E-state index contributed by atoms with van der Waals surface area (Å²) in [4.78, 5) is 37.1. The fourth-order valence-electron chi connectivity index (χ4n) is 4.32. The lowest BCUT2D eigenvalue weighted by Crippen LogP contribution is -2.36. The molecule has 5 aromatic rings. The normalized spacial score (nSPS) is 16.6. The summed E-state index contributed by atoms with van der Waals surface area (Å²) in [6.07, 6.45) is 3.23. The Hall–Kier alpha value is -3.52. The third kappa shape index (κ3) is 2.94. The fraction of sp³-hybridized carbons (Fsp3) is 0.217. The summed E-state index contributed by atoms with van der Waals surface area (Å²) >= 11 is 1.63. The molecule has 1 fully saturated rings. The molecule has 1 atom stereocenters. The Labute approximate surface area is 180 Å². The number of amides is 1. The van der Waals surface area contributed by atoms with Crippen molar-refractivity contribution in [2.24, 2.45) is 0 Å². The van der Waals surface area contributed by atoms with Crippen LogP contribution in [0.25, 0.3) is 32.3 Å². The van der Waals surface area contributed by atoms with Crippen LogP contribution in [0.2, 0.25) is 0 Å². The van der Waals surface area contributed by atoms with Crippen molar-refractivity contribution in [2.75, 3.05) is 6.54 Å². The number of para-hydroxylation sites is 2. The van der Waals surface area contributed by atoms with Gasteiger partial charge in [-0.15, -0.1) is 11.3 Å². The highest BCUT2D eigenvalue weighted by Gasteiger charge is 2.32. The molecule has 8 heteroatoms. The van der Waals surface area contributed by atoms with Crippen molar-refractivity contribution in [3.8, 4) is 0 Å². The van der Waals surface area contributed by atoms with E-state index in [1.165, 1.54) is 10.9 Å². The number of thiazole rings is 1. The fourth-order valence-corrected chi connectivity index (χ4v) is 5.43. The smallest absolute Gasteiger partial charge is 0.297 e. The van der Waals surface area contributed by atoms with Gasteiger partial charge in [-0.1, -0.05) is 24.3 Å². The van der Waals surface area contributed by atoms with Crippen molar-refractivity contribution in [1.29, 1.82) is 0 Å². The van der Waals surface area contributed by atoms with Gasteiger partial charge in [-0.2, -0.15) is 0 Å². The van der Waals surface area contributed by atoms with Crippen LogP contribution in [0.5, 0.6) is 0 Å². The lowest BCUT2D eigenvalue weighted by Gasteiger charge is -2.23. The summed E-state index contributed by atoms with van der Waals surface area (Å²) in [7, 11) is 0. The molecule has 31 heavy (non-hydrogen) atoms. The van der Waals surface area contributed by atoms with Crippen LogP contribution in [0.15, 0.2) is 64.1 Å². The largest absolute Gasteiger partial charge is 0.448 e. The Morgan fingerprint density at radius 3 is 2.90 bits per heavy atom.